The van der Waals surface area contributed by atoms with Crippen LogP contribution in [0.3, 0.4) is 0 Å². The Kier molecular flexibility index (Phi) is 7.01. The van der Waals surface area contributed by atoms with E-state index in [4.69, 9.17) is 13.6 Å². The summed E-state index contributed by atoms with van der Waals surface area (Å²) in [6, 6.07) is 9.09. The van der Waals surface area contributed by atoms with Gasteiger partial charge in [0, 0.05) is 16.7 Å². The van der Waals surface area contributed by atoms with Crippen LogP contribution >= 0.6 is 8.60 Å². The molecule has 0 N–H and O–H groups in total. The van der Waals surface area contributed by atoms with Crippen LogP contribution in [0.5, 0.6) is 11.5 Å². The van der Waals surface area contributed by atoms with Gasteiger partial charge in [0.15, 0.2) is 0 Å². The van der Waals surface area contributed by atoms with E-state index in [1.807, 2.05) is 0 Å². The van der Waals surface area contributed by atoms with E-state index in [2.05, 4.69) is 114 Å². The minimum atomic E-state index is -1.55. The Morgan fingerprint density at radius 3 is 1.59 bits per heavy atom. The number of hydrogen-bond donors (Lipinski definition) is 0. The van der Waals surface area contributed by atoms with Gasteiger partial charge in [0.25, 0.3) is 0 Å². The average molecular weight is 485 g/mol. The fraction of sp³-hybridized carbons (Fsp3) is 0.600. The Morgan fingerprint density at radius 1 is 0.676 bits per heavy atom. The second-order valence-corrected chi connectivity index (χ2v) is 14.9. The van der Waals surface area contributed by atoms with Crippen molar-refractivity contribution >= 4 is 8.60 Å². The van der Waals surface area contributed by atoms with Crippen LogP contribution in [0, 0.1) is 6.92 Å². The SMILES string of the molecule is Cc1cc(C(C)(C)C)cc2c1OP(Oc1c(C(C)(C)C)cc(C(C)(C)C)cc1C(C)(C)C)OC2. The molecule has 3 rings (SSSR count). The molecule has 0 radical (unpaired) electrons. The number of hydrogen-bond acceptors (Lipinski definition) is 3. The van der Waals surface area contributed by atoms with Crippen molar-refractivity contribution in [3.05, 3.63) is 57.6 Å². The Labute approximate surface area is 209 Å². The van der Waals surface area contributed by atoms with Crippen LogP contribution in [0.1, 0.15) is 116 Å². The van der Waals surface area contributed by atoms with E-state index in [0.29, 0.717) is 6.61 Å². The molecule has 0 spiro atoms. The summed E-state index contributed by atoms with van der Waals surface area (Å²) in [5, 5.41) is 0. The first-order valence-electron chi connectivity index (χ1n) is 12.4. The van der Waals surface area contributed by atoms with Gasteiger partial charge in [-0.25, -0.2) is 0 Å². The molecule has 2 aromatic carbocycles. The molecule has 188 valence electrons. The summed E-state index contributed by atoms with van der Waals surface area (Å²) < 4.78 is 19.2. The van der Waals surface area contributed by atoms with Gasteiger partial charge >= 0.3 is 8.60 Å². The highest BCUT2D eigenvalue weighted by Crippen LogP contribution is 2.53. The fourth-order valence-corrected chi connectivity index (χ4v) is 5.28. The molecule has 0 saturated heterocycles. The predicted molar refractivity (Wildman–Crippen MR) is 145 cm³/mol. The van der Waals surface area contributed by atoms with Crippen LogP contribution in [0.25, 0.3) is 0 Å². The summed E-state index contributed by atoms with van der Waals surface area (Å²) in [4.78, 5) is 0. The van der Waals surface area contributed by atoms with Crippen molar-refractivity contribution in [2.45, 2.75) is 118 Å². The maximum Gasteiger partial charge on any atom is 0.463 e. The Balaban J connectivity index is 2.07. The Hall–Kier alpha value is -1.57. The molecule has 0 saturated carbocycles. The molecule has 1 heterocycles. The lowest BCUT2D eigenvalue weighted by molar-refractivity contribution is 0.230. The second-order valence-electron chi connectivity index (χ2n) is 13.9. The van der Waals surface area contributed by atoms with Gasteiger partial charge in [-0.05, 0) is 51.3 Å². The lowest BCUT2D eigenvalue weighted by Gasteiger charge is -2.34. The first-order chi connectivity index (χ1) is 15.3. The summed E-state index contributed by atoms with van der Waals surface area (Å²) in [5.74, 6) is 1.82. The second kappa shape index (κ2) is 8.82. The van der Waals surface area contributed by atoms with Crippen LogP contribution in [0.4, 0.5) is 0 Å². The maximum absolute atomic E-state index is 6.67. The van der Waals surface area contributed by atoms with Crippen LogP contribution < -0.4 is 9.05 Å². The Morgan fingerprint density at radius 2 is 1.15 bits per heavy atom. The van der Waals surface area contributed by atoms with Gasteiger partial charge in [-0.3, -0.25) is 4.52 Å². The van der Waals surface area contributed by atoms with Crippen LogP contribution in [0.2, 0.25) is 0 Å². The fourth-order valence-electron chi connectivity index (χ4n) is 4.13. The summed E-state index contributed by atoms with van der Waals surface area (Å²) in [6.45, 7) is 29.6. The van der Waals surface area contributed by atoms with E-state index in [-0.39, 0.29) is 21.7 Å². The number of fused-ring (bicyclic) bond motifs is 1. The molecule has 2 aromatic rings. The normalized spacial score (nSPS) is 17.3. The molecule has 34 heavy (non-hydrogen) atoms. The smallest absolute Gasteiger partial charge is 0.417 e. The van der Waals surface area contributed by atoms with Gasteiger partial charge in [0.2, 0.25) is 0 Å². The van der Waals surface area contributed by atoms with E-state index < -0.39 is 8.60 Å². The first-order valence-corrected chi connectivity index (χ1v) is 13.5. The zero-order chi connectivity index (χ0) is 25.9. The first kappa shape index (κ1) is 27.0. The number of aryl methyl sites for hydroxylation is 1. The van der Waals surface area contributed by atoms with Gasteiger partial charge in [-0.1, -0.05) is 101 Å². The van der Waals surface area contributed by atoms with Crippen molar-refractivity contribution in [2.75, 3.05) is 0 Å². The molecule has 0 fully saturated rings. The van der Waals surface area contributed by atoms with Crippen molar-refractivity contribution in [1.29, 1.82) is 0 Å². The number of rotatable bonds is 2. The lowest BCUT2D eigenvalue weighted by atomic mass is 9.75. The molecule has 1 unspecified atom stereocenters. The third-order valence-electron chi connectivity index (χ3n) is 6.45. The van der Waals surface area contributed by atoms with Crippen molar-refractivity contribution in [3.8, 4) is 11.5 Å². The third-order valence-corrected chi connectivity index (χ3v) is 7.45. The predicted octanol–water partition coefficient (Wildman–Crippen LogP) is 9.40. The van der Waals surface area contributed by atoms with Crippen LogP contribution in [0.15, 0.2) is 24.3 Å². The minimum absolute atomic E-state index is 0.0442. The van der Waals surface area contributed by atoms with E-state index in [1.165, 1.54) is 22.3 Å². The van der Waals surface area contributed by atoms with E-state index in [1.54, 1.807) is 0 Å². The summed E-state index contributed by atoms with van der Waals surface area (Å²) >= 11 is 0. The highest BCUT2D eigenvalue weighted by atomic mass is 31.2. The van der Waals surface area contributed by atoms with Crippen LogP contribution in [-0.2, 0) is 32.8 Å². The van der Waals surface area contributed by atoms with Gasteiger partial charge in [-0.2, -0.15) is 0 Å². The van der Waals surface area contributed by atoms with Crippen molar-refractivity contribution < 1.29 is 13.6 Å². The van der Waals surface area contributed by atoms with Gasteiger partial charge < -0.3 is 9.05 Å². The molecular formula is C30H45O3P. The molecular weight excluding hydrogens is 439 g/mol. The third kappa shape index (κ3) is 5.80. The quantitative estimate of drug-likeness (QED) is 0.397. The Bertz CT molecular complexity index is 1020. The molecule has 0 bridgehead atoms. The van der Waals surface area contributed by atoms with Crippen molar-refractivity contribution in [3.63, 3.8) is 0 Å². The van der Waals surface area contributed by atoms with Crippen molar-refractivity contribution in [2.24, 2.45) is 0 Å². The topological polar surface area (TPSA) is 27.7 Å². The number of benzene rings is 2. The summed E-state index contributed by atoms with van der Waals surface area (Å²) in [7, 11) is -1.55. The maximum atomic E-state index is 6.67. The summed E-state index contributed by atoms with van der Waals surface area (Å²) in [6.07, 6.45) is 0. The molecule has 3 nitrogen and oxygen atoms in total. The molecule has 1 aliphatic rings. The molecule has 0 amide bonds. The standard InChI is InChI=1S/C30H45O3P/c1-19-14-21(27(2,3)4)15-20-18-31-34(32-25(19)20)33-26-23(29(8,9)10)16-22(28(5,6)7)17-24(26)30(11,12)13/h14-17H,18H2,1-13H3. The highest BCUT2D eigenvalue weighted by Gasteiger charge is 2.35. The summed E-state index contributed by atoms with van der Waals surface area (Å²) in [5.41, 5.74) is 7.21. The highest BCUT2D eigenvalue weighted by molar-refractivity contribution is 7.42. The molecule has 0 aromatic heterocycles. The zero-order valence-corrected chi connectivity index (χ0v) is 24.6. The molecule has 1 atom stereocenters. The molecule has 4 heteroatoms. The van der Waals surface area contributed by atoms with E-state index >= 15 is 0 Å². The largest absolute Gasteiger partial charge is 0.463 e. The zero-order valence-electron chi connectivity index (χ0n) is 23.7. The van der Waals surface area contributed by atoms with Gasteiger partial charge in [0.1, 0.15) is 11.5 Å². The monoisotopic (exact) mass is 484 g/mol. The van der Waals surface area contributed by atoms with E-state index in [0.717, 1.165) is 22.6 Å². The van der Waals surface area contributed by atoms with Gasteiger partial charge in [0.05, 0.1) is 6.61 Å². The van der Waals surface area contributed by atoms with Gasteiger partial charge in [-0.15, -0.1) is 0 Å². The van der Waals surface area contributed by atoms with Crippen LogP contribution in [-0.4, -0.2) is 0 Å². The average Bonchev–Trinajstić information content (AvgIpc) is 2.65. The van der Waals surface area contributed by atoms with Crippen molar-refractivity contribution in [1.82, 2.24) is 0 Å². The molecule has 1 aliphatic heterocycles. The minimum Gasteiger partial charge on any atom is -0.417 e. The van der Waals surface area contributed by atoms with E-state index in [9.17, 15) is 0 Å². The lowest BCUT2D eigenvalue weighted by Crippen LogP contribution is -2.23. The molecule has 0 aliphatic carbocycles.